The molecule has 5 atom stereocenters. The highest BCUT2D eigenvalue weighted by Crippen LogP contribution is 2.37. The van der Waals surface area contributed by atoms with Gasteiger partial charge < -0.3 is 15.2 Å². The highest BCUT2D eigenvalue weighted by Gasteiger charge is 2.42. The van der Waals surface area contributed by atoms with Crippen molar-refractivity contribution in [2.75, 3.05) is 13.2 Å². The van der Waals surface area contributed by atoms with E-state index in [1.807, 2.05) is 0 Å². The molecule has 3 nitrogen and oxygen atoms in total. The van der Waals surface area contributed by atoms with Gasteiger partial charge in [0.2, 0.25) is 0 Å². The van der Waals surface area contributed by atoms with Crippen molar-refractivity contribution in [1.29, 1.82) is 0 Å². The third kappa shape index (κ3) is 2.27. The van der Waals surface area contributed by atoms with Gasteiger partial charge in [-0.15, -0.1) is 0 Å². The van der Waals surface area contributed by atoms with Crippen LogP contribution in [0.5, 0.6) is 0 Å². The lowest BCUT2D eigenvalue weighted by Gasteiger charge is -2.34. The van der Waals surface area contributed by atoms with Crippen LogP contribution in [0.1, 0.15) is 33.6 Å². The molecule has 0 radical (unpaired) electrons. The molecule has 0 aromatic rings. The summed E-state index contributed by atoms with van der Waals surface area (Å²) in [5.41, 5.74) is 6.46. The van der Waals surface area contributed by atoms with Gasteiger partial charge in [-0.3, -0.25) is 0 Å². The third-order valence-electron chi connectivity index (χ3n) is 4.57. The normalized spacial score (nSPS) is 43.5. The van der Waals surface area contributed by atoms with Crippen LogP contribution in [-0.2, 0) is 9.47 Å². The van der Waals surface area contributed by atoms with Crippen LogP contribution in [0.4, 0.5) is 0 Å². The first-order chi connectivity index (χ1) is 7.61. The number of rotatable bonds is 2. The van der Waals surface area contributed by atoms with Crippen molar-refractivity contribution in [3.63, 3.8) is 0 Å². The number of nitrogens with two attached hydrogens (primary N) is 1. The van der Waals surface area contributed by atoms with Crippen molar-refractivity contribution in [2.45, 2.75) is 51.9 Å². The number of hydrogen-bond acceptors (Lipinski definition) is 3. The molecule has 2 N–H and O–H groups in total. The molecule has 0 bridgehead atoms. The fourth-order valence-electron chi connectivity index (χ4n) is 3.37. The van der Waals surface area contributed by atoms with Crippen LogP contribution in [0.2, 0.25) is 0 Å². The van der Waals surface area contributed by atoms with E-state index in [2.05, 4.69) is 20.8 Å². The van der Waals surface area contributed by atoms with E-state index in [0.717, 1.165) is 26.1 Å². The summed E-state index contributed by atoms with van der Waals surface area (Å²) < 4.78 is 11.3. The van der Waals surface area contributed by atoms with Crippen LogP contribution in [0.15, 0.2) is 0 Å². The summed E-state index contributed by atoms with van der Waals surface area (Å²) in [6.45, 7) is 8.37. The fourth-order valence-corrected chi connectivity index (χ4v) is 3.37. The van der Waals surface area contributed by atoms with E-state index >= 15 is 0 Å². The zero-order valence-electron chi connectivity index (χ0n) is 10.7. The molecule has 2 aliphatic heterocycles. The fraction of sp³-hybridized carbons (Fsp3) is 1.00. The molecule has 0 aromatic carbocycles. The lowest BCUT2D eigenvalue weighted by molar-refractivity contribution is 0.0295. The lowest BCUT2D eigenvalue weighted by Crippen LogP contribution is -2.45. The summed E-state index contributed by atoms with van der Waals surface area (Å²) in [6, 6.07) is 0.277. The summed E-state index contributed by atoms with van der Waals surface area (Å²) in [4.78, 5) is 0. The minimum atomic E-state index is 0.277. The smallest absolute Gasteiger partial charge is 0.0597 e. The van der Waals surface area contributed by atoms with Gasteiger partial charge in [0.1, 0.15) is 0 Å². The quantitative estimate of drug-likeness (QED) is 0.782. The SMILES string of the molecule is CC1OC(C)C(C(N)C2CCOCC2)C1C. The average Bonchev–Trinajstić information content (AvgIpc) is 2.54. The molecule has 0 aromatic heterocycles. The maximum Gasteiger partial charge on any atom is 0.0597 e. The predicted octanol–water partition coefficient (Wildman–Crippen LogP) is 1.80. The molecule has 0 amide bonds. The zero-order valence-corrected chi connectivity index (χ0v) is 10.7. The largest absolute Gasteiger partial charge is 0.381 e. The van der Waals surface area contributed by atoms with Crippen molar-refractivity contribution in [2.24, 2.45) is 23.5 Å². The van der Waals surface area contributed by atoms with Crippen molar-refractivity contribution < 1.29 is 9.47 Å². The number of hydrogen-bond donors (Lipinski definition) is 1. The molecule has 0 saturated carbocycles. The van der Waals surface area contributed by atoms with Crippen molar-refractivity contribution in [3.05, 3.63) is 0 Å². The minimum absolute atomic E-state index is 0.277. The standard InChI is InChI=1S/C13H25NO2/c1-8-9(2)16-10(3)12(8)13(14)11-4-6-15-7-5-11/h8-13H,4-7,14H2,1-3H3. The van der Waals surface area contributed by atoms with Gasteiger partial charge >= 0.3 is 0 Å². The first-order valence-corrected chi connectivity index (χ1v) is 6.60. The van der Waals surface area contributed by atoms with E-state index in [9.17, 15) is 0 Å². The molecular formula is C13H25NO2. The third-order valence-corrected chi connectivity index (χ3v) is 4.57. The maximum absolute atomic E-state index is 6.46. The molecule has 2 rings (SSSR count). The topological polar surface area (TPSA) is 44.5 Å². The van der Waals surface area contributed by atoms with E-state index < -0.39 is 0 Å². The zero-order chi connectivity index (χ0) is 11.7. The Bertz CT molecular complexity index is 228. The Balaban J connectivity index is 1.99. The van der Waals surface area contributed by atoms with Crippen LogP contribution < -0.4 is 5.73 Å². The maximum atomic E-state index is 6.46. The molecule has 2 aliphatic rings. The molecule has 0 spiro atoms. The molecule has 2 fully saturated rings. The molecule has 94 valence electrons. The summed E-state index contributed by atoms with van der Waals surface area (Å²) in [5.74, 6) is 1.71. The minimum Gasteiger partial charge on any atom is -0.381 e. The Morgan fingerprint density at radius 2 is 1.69 bits per heavy atom. The van der Waals surface area contributed by atoms with Crippen LogP contribution in [-0.4, -0.2) is 31.5 Å². The summed E-state index contributed by atoms with van der Waals surface area (Å²) >= 11 is 0. The second-order valence-electron chi connectivity index (χ2n) is 5.51. The summed E-state index contributed by atoms with van der Waals surface area (Å²) in [5, 5.41) is 0. The molecule has 5 unspecified atom stereocenters. The molecular weight excluding hydrogens is 202 g/mol. The Kier molecular flexibility index (Phi) is 3.88. The average molecular weight is 227 g/mol. The molecule has 0 aliphatic carbocycles. The van der Waals surface area contributed by atoms with E-state index in [1.165, 1.54) is 0 Å². The van der Waals surface area contributed by atoms with Gasteiger partial charge in [-0.25, -0.2) is 0 Å². The van der Waals surface area contributed by atoms with E-state index in [-0.39, 0.29) is 6.04 Å². The van der Waals surface area contributed by atoms with Crippen LogP contribution in [0.25, 0.3) is 0 Å². The Hall–Kier alpha value is -0.120. The van der Waals surface area contributed by atoms with Gasteiger partial charge in [0.05, 0.1) is 12.2 Å². The monoisotopic (exact) mass is 227 g/mol. The number of ether oxygens (including phenoxy) is 2. The molecule has 2 heterocycles. The van der Waals surface area contributed by atoms with E-state index in [4.69, 9.17) is 15.2 Å². The molecule has 3 heteroatoms. The highest BCUT2D eigenvalue weighted by atomic mass is 16.5. The Morgan fingerprint density at radius 3 is 2.19 bits per heavy atom. The van der Waals surface area contributed by atoms with Gasteiger partial charge in [-0.2, -0.15) is 0 Å². The predicted molar refractivity (Wildman–Crippen MR) is 64.2 cm³/mol. The second-order valence-corrected chi connectivity index (χ2v) is 5.51. The highest BCUT2D eigenvalue weighted by molar-refractivity contribution is 4.93. The molecule has 16 heavy (non-hydrogen) atoms. The van der Waals surface area contributed by atoms with Gasteiger partial charge in [0.25, 0.3) is 0 Å². The first kappa shape index (κ1) is 12.3. The summed E-state index contributed by atoms with van der Waals surface area (Å²) in [7, 11) is 0. The lowest BCUT2D eigenvalue weighted by atomic mass is 9.76. The van der Waals surface area contributed by atoms with Gasteiger partial charge in [0.15, 0.2) is 0 Å². The van der Waals surface area contributed by atoms with Crippen LogP contribution in [0, 0.1) is 17.8 Å². The van der Waals surface area contributed by atoms with Gasteiger partial charge in [0, 0.05) is 25.2 Å². The second kappa shape index (κ2) is 5.03. The van der Waals surface area contributed by atoms with Crippen LogP contribution in [0.3, 0.4) is 0 Å². The van der Waals surface area contributed by atoms with Crippen molar-refractivity contribution in [1.82, 2.24) is 0 Å². The van der Waals surface area contributed by atoms with Crippen molar-refractivity contribution in [3.8, 4) is 0 Å². The molecule has 2 saturated heterocycles. The summed E-state index contributed by atoms with van der Waals surface area (Å²) in [6.07, 6.45) is 2.89. The van der Waals surface area contributed by atoms with Gasteiger partial charge in [-0.1, -0.05) is 6.92 Å². The van der Waals surface area contributed by atoms with Crippen LogP contribution >= 0.6 is 0 Å². The Labute approximate surface area is 98.7 Å². The van der Waals surface area contributed by atoms with Gasteiger partial charge in [-0.05, 0) is 38.5 Å². The van der Waals surface area contributed by atoms with E-state index in [1.54, 1.807) is 0 Å². The van der Waals surface area contributed by atoms with Crippen molar-refractivity contribution >= 4 is 0 Å². The Morgan fingerprint density at radius 1 is 1.06 bits per heavy atom. The van der Waals surface area contributed by atoms with E-state index in [0.29, 0.717) is 30.0 Å². The first-order valence-electron chi connectivity index (χ1n) is 6.60.